The number of aromatic amines is 1. The minimum absolute atomic E-state index is 0.137. The highest BCUT2D eigenvalue weighted by atomic mass is 16.1. The van der Waals surface area contributed by atoms with Crippen LogP contribution in [0.5, 0.6) is 0 Å². The van der Waals surface area contributed by atoms with Gasteiger partial charge in [0.2, 0.25) is 0 Å². The second kappa shape index (κ2) is 6.34. The molecular weight excluding hydrogens is 320 g/mol. The van der Waals surface area contributed by atoms with Crippen LogP contribution in [-0.2, 0) is 0 Å². The lowest BCUT2D eigenvalue weighted by Gasteiger charge is -2.10. The van der Waals surface area contributed by atoms with Gasteiger partial charge in [-0.25, -0.2) is 0 Å². The minimum atomic E-state index is -0.367. The van der Waals surface area contributed by atoms with Crippen molar-refractivity contribution in [2.75, 3.05) is 0 Å². The van der Waals surface area contributed by atoms with Crippen LogP contribution in [0.1, 0.15) is 11.1 Å². The summed E-state index contributed by atoms with van der Waals surface area (Å²) in [5.74, 6) is 0. The number of nitriles is 1. The lowest BCUT2D eigenvalue weighted by Crippen LogP contribution is -2.12. The van der Waals surface area contributed by atoms with E-state index in [2.05, 4.69) is 4.98 Å². The second-order valence-corrected chi connectivity index (χ2v) is 6.31. The van der Waals surface area contributed by atoms with E-state index >= 15 is 0 Å². The molecule has 1 heterocycles. The number of hydrogen-bond acceptors (Lipinski definition) is 2. The summed E-state index contributed by atoms with van der Waals surface area (Å²) < 4.78 is 0. The van der Waals surface area contributed by atoms with Crippen LogP contribution in [0.15, 0.2) is 77.6 Å². The van der Waals surface area contributed by atoms with Crippen molar-refractivity contribution in [2.24, 2.45) is 0 Å². The molecule has 3 nitrogen and oxygen atoms in total. The lowest BCUT2D eigenvalue weighted by molar-refractivity contribution is 1.22. The van der Waals surface area contributed by atoms with E-state index in [0.717, 1.165) is 27.5 Å². The fourth-order valence-electron chi connectivity index (χ4n) is 3.24. The molecule has 124 valence electrons. The smallest absolute Gasteiger partial charge is 0.266 e. The van der Waals surface area contributed by atoms with Gasteiger partial charge in [-0.3, -0.25) is 4.79 Å². The van der Waals surface area contributed by atoms with Gasteiger partial charge in [-0.05, 0) is 29.3 Å². The number of H-pyrrole nitrogens is 1. The molecule has 0 spiro atoms. The average Bonchev–Trinajstić information content (AvgIpc) is 2.67. The Morgan fingerprint density at radius 3 is 2.38 bits per heavy atom. The molecule has 0 saturated heterocycles. The Balaban J connectivity index is 2.00. The predicted octanol–water partition coefficient (Wildman–Crippen LogP) is 5.04. The summed E-state index contributed by atoms with van der Waals surface area (Å²) in [6.07, 6.45) is 0. The average molecular weight is 336 g/mol. The predicted molar refractivity (Wildman–Crippen MR) is 105 cm³/mol. The maximum absolute atomic E-state index is 12.6. The molecule has 3 aromatic carbocycles. The molecular formula is C23H16N2O. The van der Waals surface area contributed by atoms with Crippen molar-refractivity contribution >= 4 is 10.8 Å². The van der Waals surface area contributed by atoms with E-state index in [0.29, 0.717) is 11.3 Å². The number of nitrogens with zero attached hydrogens (tertiary/aromatic N) is 1. The third kappa shape index (κ3) is 2.68. The van der Waals surface area contributed by atoms with Crippen LogP contribution in [0.3, 0.4) is 0 Å². The van der Waals surface area contributed by atoms with Crippen molar-refractivity contribution in [1.29, 1.82) is 5.26 Å². The number of aryl methyl sites for hydroxylation is 1. The minimum Gasteiger partial charge on any atom is -0.321 e. The van der Waals surface area contributed by atoms with Gasteiger partial charge >= 0.3 is 0 Å². The molecule has 0 aliphatic heterocycles. The zero-order valence-electron chi connectivity index (χ0n) is 14.3. The normalized spacial score (nSPS) is 10.6. The summed E-state index contributed by atoms with van der Waals surface area (Å²) in [4.78, 5) is 15.4. The Hall–Kier alpha value is -3.64. The topological polar surface area (TPSA) is 56.6 Å². The summed E-state index contributed by atoms with van der Waals surface area (Å²) in [6, 6.07) is 25.8. The molecule has 0 aliphatic carbocycles. The first-order valence-electron chi connectivity index (χ1n) is 8.40. The van der Waals surface area contributed by atoms with Crippen molar-refractivity contribution in [3.05, 3.63) is 94.3 Å². The van der Waals surface area contributed by atoms with E-state index in [1.165, 1.54) is 0 Å². The van der Waals surface area contributed by atoms with Gasteiger partial charge < -0.3 is 4.98 Å². The van der Waals surface area contributed by atoms with E-state index in [-0.39, 0.29) is 11.1 Å². The standard InChI is InChI=1S/C23H16N2O/c1-15-9-11-17(12-10-15)20-13-22(25-23(26)21(20)14-24)19-8-4-6-16-5-2-3-7-18(16)19/h2-13H,1H3,(H,25,26). The molecule has 1 N–H and O–H groups in total. The maximum Gasteiger partial charge on any atom is 0.266 e. The monoisotopic (exact) mass is 336 g/mol. The number of pyridine rings is 1. The van der Waals surface area contributed by atoms with Gasteiger partial charge in [0.1, 0.15) is 11.6 Å². The van der Waals surface area contributed by atoms with Gasteiger partial charge in [-0.1, -0.05) is 72.3 Å². The first-order chi connectivity index (χ1) is 12.7. The molecule has 1 aromatic heterocycles. The quantitative estimate of drug-likeness (QED) is 0.557. The number of hydrogen-bond donors (Lipinski definition) is 1. The van der Waals surface area contributed by atoms with Crippen LogP contribution in [0.25, 0.3) is 33.2 Å². The van der Waals surface area contributed by atoms with Gasteiger partial charge in [0.15, 0.2) is 0 Å². The summed E-state index contributed by atoms with van der Waals surface area (Å²) in [5, 5.41) is 11.6. The first kappa shape index (κ1) is 15.9. The third-order valence-corrected chi connectivity index (χ3v) is 4.59. The van der Waals surface area contributed by atoms with Crippen LogP contribution in [0.4, 0.5) is 0 Å². The molecule has 26 heavy (non-hydrogen) atoms. The number of fused-ring (bicyclic) bond motifs is 1. The van der Waals surface area contributed by atoms with Crippen molar-refractivity contribution in [3.63, 3.8) is 0 Å². The molecule has 0 radical (unpaired) electrons. The molecule has 0 bridgehead atoms. The maximum atomic E-state index is 12.6. The van der Waals surface area contributed by atoms with Crippen LogP contribution in [-0.4, -0.2) is 4.98 Å². The molecule has 4 aromatic rings. The fraction of sp³-hybridized carbons (Fsp3) is 0.0435. The van der Waals surface area contributed by atoms with Gasteiger partial charge in [-0.15, -0.1) is 0 Å². The fourth-order valence-corrected chi connectivity index (χ4v) is 3.24. The van der Waals surface area contributed by atoms with Crippen LogP contribution in [0, 0.1) is 18.3 Å². The molecule has 4 rings (SSSR count). The van der Waals surface area contributed by atoms with Crippen molar-refractivity contribution in [2.45, 2.75) is 6.92 Å². The van der Waals surface area contributed by atoms with Crippen LogP contribution >= 0.6 is 0 Å². The van der Waals surface area contributed by atoms with Gasteiger partial charge in [0.05, 0.1) is 0 Å². The third-order valence-electron chi connectivity index (χ3n) is 4.59. The van der Waals surface area contributed by atoms with Crippen LogP contribution < -0.4 is 5.56 Å². The van der Waals surface area contributed by atoms with E-state index in [9.17, 15) is 10.1 Å². The number of benzene rings is 3. The largest absolute Gasteiger partial charge is 0.321 e. The first-order valence-corrected chi connectivity index (χ1v) is 8.40. The molecule has 0 saturated carbocycles. The van der Waals surface area contributed by atoms with Gasteiger partial charge in [0, 0.05) is 16.8 Å². The Morgan fingerprint density at radius 1 is 0.885 bits per heavy atom. The van der Waals surface area contributed by atoms with Gasteiger partial charge in [0.25, 0.3) is 5.56 Å². The Bertz CT molecular complexity index is 1210. The van der Waals surface area contributed by atoms with E-state index in [1.54, 1.807) is 0 Å². The number of nitrogens with one attached hydrogen (secondary N) is 1. The highest BCUT2D eigenvalue weighted by molar-refractivity contribution is 5.96. The highest BCUT2D eigenvalue weighted by Gasteiger charge is 2.13. The zero-order valence-corrected chi connectivity index (χ0v) is 14.3. The second-order valence-electron chi connectivity index (χ2n) is 6.31. The summed E-state index contributed by atoms with van der Waals surface area (Å²) >= 11 is 0. The van der Waals surface area contributed by atoms with Gasteiger partial charge in [-0.2, -0.15) is 5.26 Å². The highest BCUT2D eigenvalue weighted by Crippen LogP contribution is 2.30. The molecule has 0 amide bonds. The summed E-state index contributed by atoms with van der Waals surface area (Å²) in [6.45, 7) is 2.01. The molecule has 0 unspecified atom stereocenters. The molecule has 0 fully saturated rings. The SMILES string of the molecule is Cc1ccc(-c2cc(-c3cccc4ccccc34)[nH]c(=O)c2C#N)cc1. The van der Waals surface area contributed by atoms with Crippen molar-refractivity contribution < 1.29 is 0 Å². The Labute approximate surface area is 151 Å². The number of rotatable bonds is 2. The molecule has 3 heteroatoms. The molecule has 0 aliphatic rings. The summed E-state index contributed by atoms with van der Waals surface area (Å²) in [5.41, 5.74) is 4.07. The number of aromatic nitrogens is 1. The van der Waals surface area contributed by atoms with Crippen molar-refractivity contribution in [1.82, 2.24) is 4.98 Å². The van der Waals surface area contributed by atoms with E-state index in [1.807, 2.05) is 85.8 Å². The zero-order chi connectivity index (χ0) is 18.1. The Morgan fingerprint density at radius 2 is 1.62 bits per heavy atom. The molecule has 0 atom stereocenters. The van der Waals surface area contributed by atoms with Crippen molar-refractivity contribution in [3.8, 4) is 28.5 Å². The Kier molecular flexibility index (Phi) is 3.87. The van der Waals surface area contributed by atoms with E-state index in [4.69, 9.17) is 0 Å². The summed E-state index contributed by atoms with van der Waals surface area (Å²) in [7, 11) is 0. The van der Waals surface area contributed by atoms with E-state index < -0.39 is 0 Å². The lowest BCUT2D eigenvalue weighted by atomic mass is 9.96. The van der Waals surface area contributed by atoms with Crippen LogP contribution in [0.2, 0.25) is 0 Å².